The van der Waals surface area contributed by atoms with Crippen LogP contribution in [-0.2, 0) is 16.0 Å². The van der Waals surface area contributed by atoms with Crippen LogP contribution >= 0.6 is 11.6 Å². The lowest BCUT2D eigenvalue weighted by molar-refractivity contribution is -0.137. The third-order valence-corrected chi connectivity index (χ3v) is 3.10. The standard InChI is InChI=1S/C13H16ClNO3/c1-9-6-12(18-3)11(14)7-10(9)4-5-15(2)13(17)8-16/h6-8H,4-5H2,1-3H3. The Morgan fingerprint density at radius 3 is 2.72 bits per heavy atom. The number of nitrogens with zero attached hydrogens (tertiary/aromatic N) is 1. The second-order valence-corrected chi connectivity index (χ2v) is 4.45. The summed E-state index contributed by atoms with van der Waals surface area (Å²) in [5.74, 6) is 0.113. The molecular formula is C13H16ClNO3. The van der Waals surface area contributed by atoms with Crippen molar-refractivity contribution in [2.45, 2.75) is 13.3 Å². The molecule has 0 aromatic heterocycles. The van der Waals surface area contributed by atoms with E-state index in [1.807, 2.05) is 19.1 Å². The molecule has 0 N–H and O–H groups in total. The van der Waals surface area contributed by atoms with Crippen molar-refractivity contribution in [1.82, 2.24) is 4.90 Å². The summed E-state index contributed by atoms with van der Waals surface area (Å²) < 4.78 is 5.12. The maximum absolute atomic E-state index is 11.1. The van der Waals surface area contributed by atoms with Gasteiger partial charge in [-0.3, -0.25) is 9.59 Å². The van der Waals surface area contributed by atoms with Crippen molar-refractivity contribution in [2.24, 2.45) is 0 Å². The highest BCUT2D eigenvalue weighted by atomic mass is 35.5. The Bertz CT molecular complexity index is 460. The van der Waals surface area contributed by atoms with E-state index >= 15 is 0 Å². The van der Waals surface area contributed by atoms with E-state index in [9.17, 15) is 9.59 Å². The first-order valence-corrected chi connectivity index (χ1v) is 5.90. The predicted octanol–water partition coefficient (Wildman–Crippen LogP) is 1.86. The first kappa shape index (κ1) is 14.5. The molecule has 98 valence electrons. The molecule has 18 heavy (non-hydrogen) atoms. The van der Waals surface area contributed by atoms with Gasteiger partial charge in [0.15, 0.2) is 0 Å². The van der Waals surface area contributed by atoms with E-state index in [1.165, 1.54) is 4.90 Å². The lowest BCUT2D eigenvalue weighted by Gasteiger charge is -2.15. The van der Waals surface area contributed by atoms with Gasteiger partial charge in [0.05, 0.1) is 12.1 Å². The number of amides is 1. The van der Waals surface area contributed by atoms with Crippen LogP contribution in [-0.4, -0.2) is 37.8 Å². The number of ether oxygens (including phenoxy) is 1. The van der Waals surface area contributed by atoms with Gasteiger partial charge >= 0.3 is 0 Å². The molecule has 0 spiro atoms. The minimum Gasteiger partial charge on any atom is -0.495 e. The zero-order chi connectivity index (χ0) is 13.7. The number of aldehydes is 1. The molecule has 5 heteroatoms. The largest absolute Gasteiger partial charge is 0.495 e. The smallest absolute Gasteiger partial charge is 0.286 e. The quantitative estimate of drug-likeness (QED) is 0.605. The van der Waals surface area contributed by atoms with E-state index in [0.717, 1.165) is 11.1 Å². The van der Waals surface area contributed by atoms with Crippen molar-refractivity contribution in [2.75, 3.05) is 20.7 Å². The second-order valence-electron chi connectivity index (χ2n) is 4.04. The highest BCUT2D eigenvalue weighted by molar-refractivity contribution is 6.32. The number of hydrogen-bond acceptors (Lipinski definition) is 3. The summed E-state index contributed by atoms with van der Waals surface area (Å²) in [5.41, 5.74) is 2.08. The van der Waals surface area contributed by atoms with Gasteiger partial charge in [0.25, 0.3) is 5.91 Å². The highest BCUT2D eigenvalue weighted by Crippen LogP contribution is 2.28. The maximum Gasteiger partial charge on any atom is 0.286 e. The van der Waals surface area contributed by atoms with Crippen molar-refractivity contribution in [1.29, 1.82) is 0 Å². The molecule has 0 aliphatic rings. The molecule has 0 fully saturated rings. The van der Waals surface area contributed by atoms with Gasteiger partial charge in [-0.25, -0.2) is 0 Å². The number of aryl methyl sites for hydroxylation is 1. The molecule has 4 nitrogen and oxygen atoms in total. The van der Waals surface area contributed by atoms with E-state index < -0.39 is 5.91 Å². The van der Waals surface area contributed by atoms with Gasteiger partial charge in [0.1, 0.15) is 5.75 Å². The highest BCUT2D eigenvalue weighted by Gasteiger charge is 2.10. The van der Waals surface area contributed by atoms with Crippen LogP contribution in [0.2, 0.25) is 5.02 Å². The van der Waals surface area contributed by atoms with Crippen LogP contribution in [0.5, 0.6) is 5.75 Å². The summed E-state index contributed by atoms with van der Waals surface area (Å²) in [6.07, 6.45) is 0.958. The fraction of sp³-hybridized carbons (Fsp3) is 0.385. The minimum atomic E-state index is -0.521. The molecule has 0 atom stereocenters. The molecule has 1 aromatic rings. The van der Waals surface area contributed by atoms with Gasteiger partial charge in [-0.1, -0.05) is 11.6 Å². The summed E-state index contributed by atoms with van der Waals surface area (Å²) in [6.45, 7) is 2.43. The number of halogens is 1. The number of hydrogen-bond donors (Lipinski definition) is 0. The van der Waals surface area contributed by atoms with E-state index in [4.69, 9.17) is 16.3 Å². The van der Waals surface area contributed by atoms with Crippen LogP contribution in [0.3, 0.4) is 0 Å². The molecular weight excluding hydrogens is 254 g/mol. The third kappa shape index (κ3) is 3.47. The first-order valence-electron chi connectivity index (χ1n) is 5.53. The fourth-order valence-corrected chi connectivity index (χ4v) is 1.87. The van der Waals surface area contributed by atoms with Crippen LogP contribution in [0.15, 0.2) is 12.1 Å². The molecule has 1 amide bonds. The summed E-state index contributed by atoms with van der Waals surface area (Å²) in [7, 11) is 3.16. The lowest BCUT2D eigenvalue weighted by atomic mass is 10.1. The van der Waals surface area contributed by atoms with Crippen molar-refractivity contribution in [3.63, 3.8) is 0 Å². The number of methoxy groups -OCH3 is 1. The van der Waals surface area contributed by atoms with Crippen LogP contribution in [0.4, 0.5) is 0 Å². The minimum absolute atomic E-state index is 0.313. The van der Waals surface area contributed by atoms with Crippen molar-refractivity contribution >= 4 is 23.8 Å². The fourth-order valence-electron chi connectivity index (χ4n) is 1.61. The number of benzene rings is 1. The van der Waals surface area contributed by atoms with Gasteiger partial charge in [-0.15, -0.1) is 0 Å². The first-order chi connectivity index (χ1) is 8.49. The third-order valence-electron chi connectivity index (χ3n) is 2.80. The lowest BCUT2D eigenvalue weighted by Crippen LogP contribution is -2.29. The average Bonchev–Trinajstić information content (AvgIpc) is 2.37. The summed E-state index contributed by atoms with van der Waals surface area (Å²) in [6, 6.07) is 3.69. The number of carbonyl (C=O) groups excluding carboxylic acids is 2. The molecule has 0 radical (unpaired) electrons. The van der Waals surface area contributed by atoms with E-state index in [2.05, 4.69) is 0 Å². The van der Waals surface area contributed by atoms with E-state index in [-0.39, 0.29) is 0 Å². The molecule has 1 rings (SSSR count). The van der Waals surface area contributed by atoms with Gasteiger partial charge in [0.2, 0.25) is 6.29 Å². The van der Waals surface area contributed by atoms with E-state index in [1.54, 1.807) is 14.2 Å². The van der Waals surface area contributed by atoms with Crippen LogP contribution < -0.4 is 4.74 Å². The molecule has 0 aliphatic heterocycles. The second kappa shape index (κ2) is 6.40. The van der Waals surface area contributed by atoms with Crippen molar-refractivity contribution in [3.8, 4) is 5.75 Å². The normalized spacial score (nSPS) is 10.0. The van der Waals surface area contributed by atoms with Gasteiger partial charge in [0, 0.05) is 13.6 Å². The molecule has 0 aliphatic carbocycles. The van der Waals surface area contributed by atoms with Gasteiger partial charge in [-0.05, 0) is 36.6 Å². The molecule has 1 aromatic carbocycles. The zero-order valence-corrected chi connectivity index (χ0v) is 11.5. The summed E-state index contributed by atoms with van der Waals surface area (Å²) in [5, 5.41) is 0.544. The van der Waals surface area contributed by atoms with Crippen LogP contribution in [0.1, 0.15) is 11.1 Å². The van der Waals surface area contributed by atoms with Gasteiger partial charge < -0.3 is 9.64 Å². The van der Waals surface area contributed by atoms with Crippen molar-refractivity contribution < 1.29 is 14.3 Å². The van der Waals surface area contributed by atoms with Crippen LogP contribution in [0.25, 0.3) is 0 Å². The predicted molar refractivity (Wildman–Crippen MR) is 70.1 cm³/mol. The Kier molecular flexibility index (Phi) is 5.16. The van der Waals surface area contributed by atoms with Crippen molar-refractivity contribution in [3.05, 3.63) is 28.3 Å². The number of carbonyl (C=O) groups is 2. The molecule has 0 saturated carbocycles. The van der Waals surface area contributed by atoms with Crippen LogP contribution in [0, 0.1) is 6.92 Å². The molecule has 0 bridgehead atoms. The average molecular weight is 270 g/mol. The Morgan fingerprint density at radius 1 is 1.50 bits per heavy atom. The monoisotopic (exact) mass is 269 g/mol. The summed E-state index contributed by atoms with van der Waals surface area (Å²) >= 11 is 6.04. The zero-order valence-electron chi connectivity index (χ0n) is 10.7. The molecule has 0 unspecified atom stereocenters. The Morgan fingerprint density at radius 2 is 2.17 bits per heavy atom. The van der Waals surface area contributed by atoms with Gasteiger partial charge in [-0.2, -0.15) is 0 Å². The maximum atomic E-state index is 11.1. The Labute approximate surface area is 111 Å². The Balaban J connectivity index is 2.77. The molecule has 0 heterocycles. The number of likely N-dealkylation sites (N-methyl/N-ethyl adjacent to an activating group) is 1. The number of rotatable bonds is 5. The SMILES string of the molecule is COc1cc(C)c(CCN(C)C(=O)C=O)cc1Cl. The Hall–Kier alpha value is -1.55. The molecule has 0 saturated heterocycles. The topological polar surface area (TPSA) is 46.6 Å². The van der Waals surface area contributed by atoms with E-state index in [0.29, 0.717) is 30.0 Å². The summed E-state index contributed by atoms with van der Waals surface area (Å²) in [4.78, 5) is 22.8.